The van der Waals surface area contributed by atoms with E-state index in [9.17, 15) is 14.4 Å². The van der Waals surface area contributed by atoms with E-state index in [1.165, 1.54) is 73.5 Å². The molecule has 4 N–H and O–H groups in total. The van der Waals surface area contributed by atoms with Crippen LogP contribution in [0.4, 0.5) is 10.5 Å². The number of ether oxygens (including phenoxy) is 1. The lowest BCUT2D eigenvalue weighted by Crippen LogP contribution is -2.40. The first kappa shape index (κ1) is 32.5. The van der Waals surface area contributed by atoms with Crippen molar-refractivity contribution in [2.24, 2.45) is 5.41 Å². The molecule has 1 aromatic heterocycles. The van der Waals surface area contributed by atoms with Crippen LogP contribution in [0.2, 0.25) is 0 Å². The van der Waals surface area contributed by atoms with Gasteiger partial charge in [0.05, 0.1) is 24.1 Å². The fourth-order valence-corrected chi connectivity index (χ4v) is 9.02. The molecule has 2 amide bonds. The van der Waals surface area contributed by atoms with Crippen molar-refractivity contribution < 1.29 is 14.3 Å². The van der Waals surface area contributed by atoms with Gasteiger partial charge in [-0.05, 0) is 121 Å². The molecule has 260 valence electrons. The number of nitrogens with one attached hydrogen (secondary N) is 4. The molecule has 0 radical (unpaired) electrons. The number of carbonyl (C=O) groups is 2. The molecular weight excluding hydrogens is 628 g/mol. The molecule has 10 nitrogen and oxygen atoms in total. The van der Waals surface area contributed by atoms with Crippen molar-refractivity contribution in [3.63, 3.8) is 0 Å². The lowest BCUT2D eigenvalue weighted by atomic mass is 9.82. The van der Waals surface area contributed by atoms with Crippen LogP contribution in [0.1, 0.15) is 74.4 Å². The highest BCUT2D eigenvalue weighted by Gasteiger charge is 2.41. The SMILES string of the molecule is COC(=O)NCC(=O)N1CCCC1c1nc2ccc(-c3ccc(-c4ccc(NC[C@@H]5CCCN5)cc4)c4c3CC3(CCCC3)C4)cc2c(=O)[nH]1. The maximum Gasteiger partial charge on any atom is 0.407 e. The second-order valence-corrected chi connectivity index (χ2v) is 14.7. The zero-order valence-electron chi connectivity index (χ0n) is 28.8. The highest BCUT2D eigenvalue weighted by atomic mass is 16.5. The summed E-state index contributed by atoms with van der Waals surface area (Å²) in [6.07, 6.45) is 10.6. The van der Waals surface area contributed by atoms with Gasteiger partial charge in [-0.2, -0.15) is 0 Å². The summed E-state index contributed by atoms with van der Waals surface area (Å²) >= 11 is 0. The third kappa shape index (κ3) is 6.25. The number of amides is 2. The smallest absolute Gasteiger partial charge is 0.407 e. The number of hydrogen-bond acceptors (Lipinski definition) is 7. The molecule has 1 spiro atoms. The van der Waals surface area contributed by atoms with Gasteiger partial charge in [-0.1, -0.05) is 43.2 Å². The molecule has 2 saturated heterocycles. The van der Waals surface area contributed by atoms with Crippen molar-refractivity contribution in [3.8, 4) is 22.3 Å². The Balaban J connectivity index is 1.08. The van der Waals surface area contributed by atoms with Gasteiger partial charge in [0.1, 0.15) is 12.4 Å². The first-order chi connectivity index (χ1) is 24.4. The topological polar surface area (TPSA) is 128 Å². The third-order valence-electron chi connectivity index (χ3n) is 11.6. The molecule has 2 atom stereocenters. The van der Waals surface area contributed by atoms with Crippen molar-refractivity contribution >= 4 is 28.6 Å². The average molecular weight is 675 g/mol. The van der Waals surface area contributed by atoms with Crippen LogP contribution < -0.4 is 21.5 Å². The molecule has 3 heterocycles. The molecular formula is C40H46N6O4. The number of H-pyrrole nitrogens is 1. The van der Waals surface area contributed by atoms with E-state index in [4.69, 9.17) is 4.98 Å². The van der Waals surface area contributed by atoms with Gasteiger partial charge in [-0.15, -0.1) is 0 Å². The summed E-state index contributed by atoms with van der Waals surface area (Å²) in [5.74, 6) is 0.238. The number of anilines is 1. The van der Waals surface area contributed by atoms with Gasteiger partial charge in [0.15, 0.2) is 0 Å². The van der Waals surface area contributed by atoms with E-state index in [0.717, 1.165) is 43.6 Å². The number of fused-ring (bicyclic) bond motifs is 2. The molecule has 3 aromatic carbocycles. The summed E-state index contributed by atoms with van der Waals surface area (Å²) in [5.41, 5.74) is 9.55. The van der Waals surface area contributed by atoms with E-state index >= 15 is 0 Å². The highest BCUT2D eigenvalue weighted by molar-refractivity contribution is 5.87. The Kier molecular flexibility index (Phi) is 8.81. The number of alkyl carbamates (subject to hydrolysis) is 1. The number of nitrogens with zero attached hydrogens (tertiary/aromatic N) is 2. The quantitative estimate of drug-likeness (QED) is 0.178. The number of benzene rings is 3. The van der Waals surface area contributed by atoms with Gasteiger partial charge in [0, 0.05) is 24.8 Å². The molecule has 1 saturated carbocycles. The van der Waals surface area contributed by atoms with Gasteiger partial charge in [-0.3, -0.25) is 9.59 Å². The number of aromatic amines is 1. The van der Waals surface area contributed by atoms with E-state index in [1.54, 1.807) is 4.90 Å². The van der Waals surface area contributed by atoms with Crippen LogP contribution in [0, 0.1) is 5.41 Å². The minimum atomic E-state index is -0.657. The van der Waals surface area contributed by atoms with Crippen LogP contribution in [0.15, 0.2) is 59.4 Å². The van der Waals surface area contributed by atoms with Gasteiger partial charge < -0.3 is 30.6 Å². The maximum absolute atomic E-state index is 13.6. The Morgan fingerprint density at radius 2 is 1.68 bits per heavy atom. The van der Waals surface area contributed by atoms with Crippen LogP contribution in [-0.4, -0.2) is 66.2 Å². The molecule has 8 rings (SSSR count). The summed E-state index contributed by atoms with van der Waals surface area (Å²) in [4.78, 5) is 47.6. The van der Waals surface area contributed by atoms with Crippen molar-refractivity contribution in [3.05, 3.63) is 81.9 Å². The van der Waals surface area contributed by atoms with Crippen molar-refractivity contribution in [2.45, 2.75) is 76.3 Å². The lowest BCUT2D eigenvalue weighted by Gasteiger charge is -2.24. The molecule has 1 unspecified atom stereocenters. The van der Waals surface area contributed by atoms with Gasteiger partial charge >= 0.3 is 6.09 Å². The summed E-state index contributed by atoms with van der Waals surface area (Å²) in [6, 6.07) is 19.7. The van der Waals surface area contributed by atoms with Gasteiger partial charge in [0.25, 0.3) is 5.56 Å². The standard InChI is InChI=1S/C40H46N6O4/c1-50-39(49)43-24-36(47)46-19-5-7-35(46)37-44-34-15-10-26(20-31(34)38(48)45-37)30-14-13-29(32-21-40(22-33(30)32)16-2-3-17-40)25-8-11-27(12-9-25)42-23-28-6-4-18-41-28/h8-15,20,28,35,41-42H,2-7,16-19,21-24H2,1H3,(H,43,49)(H,44,45,48)/t28-,35?/m0/s1. The summed E-state index contributed by atoms with van der Waals surface area (Å²) in [7, 11) is 1.26. The molecule has 50 heavy (non-hydrogen) atoms. The Morgan fingerprint density at radius 1 is 0.940 bits per heavy atom. The van der Waals surface area contributed by atoms with E-state index < -0.39 is 6.09 Å². The van der Waals surface area contributed by atoms with Gasteiger partial charge in [0.2, 0.25) is 5.91 Å². The monoisotopic (exact) mass is 674 g/mol. The molecule has 4 aliphatic rings. The van der Waals surface area contributed by atoms with E-state index in [-0.39, 0.29) is 24.1 Å². The number of likely N-dealkylation sites (tertiary alicyclic amines) is 1. The second-order valence-electron chi connectivity index (χ2n) is 14.7. The first-order valence-electron chi connectivity index (χ1n) is 18.3. The van der Waals surface area contributed by atoms with Crippen LogP contribution in [0.3, 0.4) is 0 Å². The number of rotatable bonds is 8. The predicted octanol–water partition coefficient (Wildman–Crippen LogP) is 6.10. The Morgan fingerprint density at radius 3 is 2.40 bits per heavy atom. The normalized spacial score (nSPS) is 20.8. The molecule has 10 heteroatoms. The Labute approximate surface area is 292 Å². The molecule has 2 aliphatic carbocycles. The minimum absolute atomic E-state index is 0.171. The van der Waals surface area contributed by atoms with Crippen molar-refractivity contribution in [1.29, 1.82) is 0 Å². The lowest BCUT2D eigenvalue weighted by molar-refractivity contribution is -0.131. The molecule has 0 bridgehead atoms. The van der Waals surface area contributed by atoms with Crippen LogP contribution in [-0.2, 0) is 22.4 Å². The first-order valence-corrected chi connectivity index (χ1v) is 18.3. The fraction of sp³-hybridized carbons (Fsp3) is 0.450. The van der Waals surface area contributed by atoms with E-state index in [1.807, 2.05) is 12.1 Å². The average Bonchev–Trinajstić information content (AvgIpc) is 3.98. The third-order valence-corrected chi connectivity index (χ3v) is 11.6. The molecule has 4 aromatic rings. The van der Waals surface area contributed by atoms with E-state index in [0.29, 0.717) is 41.1 Å². The minimum Gasteiger partial charge on any atom is -0.453 e. The summed E-state index contributed by atoms with van der Waals surface area (Å²) < 4.78 is 4.60. The number of aromatic nitrogens is 2. The zero-order valence-corrected chi connectivity index (χ0v) is 28.8. The molecule has 3 fully saturated rings. The largest absolute Gasteiger partial charge is 0.453 e. The fourth-order valence-electron chi connectivity index (χ4n) is 9.02. The maximum atomic E-state index is 13.6. The number of hydrogen-bond donors (Lipinski definition) is 4. The van der Waals surface area contributed by atoms with E-state index in [2.05, 4.69) is 68.1 Å². The zero-order chi connectivity index (χ0) is 34.2. The van der Waals surface area contributed by atoms with Crippen LogP contribution in [0.5, 0.6) is 0 Å². The second kappa shape index (κ2) is 13.5. The number of methoxy groups -OCH3 is 1. The molecule has 2 aliphatic heterocycles. The number of carbonyl (C=O) groups excluding carboxylic acids is 2. The van der Waals surface area contributed by atoms with Crippen molar-refractivity contribution in [2.75, 3.05) is 38.6 Å². The Bertz CT molecular complexity index is 1980. The Hall–Kier alpha value is -4.70. The van der Waals surface area contributed by atoms with Crippen LogP contribution in [0.25, 0.3) is 33.2 Å². The predicted molar refractivity (Wildman–Crippen MR) is 195 cm³/mol. The van der Waals surface area contributed by atoms with Crippen LogP contribution >= 0.6 is 0 Å². The summed E-state index contributed by atoms with van der Waals surface area (Å²) in [5, 5.41) is 10.2. The van der Waals surface area contributed by atoms with Crippen molar-refractivity contribution in [1.82, 2.24) is 25.5 Å². The summed E-state index contributed by atoms with van der Waals surface area (Å²) in [6.45, 7) is 2.43. The highest BCUT2D eigenvalue weighted by Crippen LogP contribution is 2.53. The van der Waals surface area contributed by atoms with Gasteiger partial charge in [-0.25, -0.2) is 9.78 Å².